The molecule has 0 N–H and O–H groups in total. The average molecular weight is 442 g/mol. The minimum absolute atomic E-state index is 0.130. The van der Waals surface area contributed by atoms with Crippen LogP contribution >= 0.6 is 0 Å². The van der Waals surface area contributed by atoms with Crippen LogP contribution in [-0.4, -0.2) is 24.8 Å². The summed E-state index contributed by atoms with van der Waals surface area (Å²) in [7, 11) is 0. The first kappa shape index (κ1) is 22.5. The van der Waals surface area contributed by atoms with Crippen LogP contribution in [0.3, 0.4) is 0 Å². The molecule has 1 aliphatic carbocycles. The smallest absolute Gasteiger partial charge is 0.381 e. The van der Waals surface area contributed by atoms with Gasteiger partial charge in [0.15, 0.2) is 11.6 Å². The predicted octanol–water partition coefficient (Wildman–Crippen LogP) is 5.97. The number of benzene rings is 2. The minimum atomic E-state index is -4.38. The Kier molecular flexibility index (Phi) is 6.08. The quantitative estimate of drug-likeness (QED) is 0.548. The molecule has 168 valence electrons. The first-order valence-corrected chi connectivity index (χ1v) is 10.8. The maximum absolute atomic E-state index is 13.2. The number of rotatable bonds is 4. The van der Waals surface area contributed by atoms with Gasteiger partial charge in [0.05, 0.1) is 5.56 Å². The van der Waals surface area contributed by atoms with E-state index < -0.39 is 17.7 Å². The molecule has 0 aromatic heterocycles. The molecule has 2 aliphatic rings. The molecule has 6 heteroatoms. The lowest BCUT2D eigenvalue weighted by atomic mass is 9.83. The van der Waals surface area contributed by atoms with E-state index in [4.69, 9.17) is 4.74 Å². The Morgan fingerprint density at radius 2 is 1.53 bits per heavy atom. The zero-order valence-electron chi connectivity index (χ0n) is 18.1. The second-order valence-corrected chi connectivity index (χ2v) is 8.73. The number of alkyl halides is 3. The second kappa shape index (κ2) is 8.66. The van der Waals surface area contributed by atoms with Crippen molar-refractivity contribution in [3.63, 3.8) is 0 Å². The molecule has 32 heavy (non-hydrogen) atoms. The monoisotopic (exact) mass is 442 g/mol. The minimum Gasteiger partial charge on any atom is -0.381 e. The Balaban J connectivity index is 1.58. The van der Waals surface area contributed by atoms with E-state index >= 15 is 0 Å². The number of allylic oxidation sites excluding steroid dienone is 2. The number of carbonyl (C=O) groups is 2. The van der Waals surface area contributed by atoms with Gasteiger partial charge in [0.25, 0.3) is 0 Å². The zero-order valence-corrected chi connectivity index (χ0v) is 18.1. The van der Waals surface area contributed by atoms with Gasteiger partial charge in [-0.15, -0.1) is 0 Å². The lowest BCUT2D eigenvalue weighted by Crippen LogP contribution is -2.20. The molecule has 0 bridgehead atoms. The highest BCUT2D eigenvalue weighted by Gasteiger charge is 2.38. The zero-order chi connectivity index (χ0) is 23.0. The van der Waals surface area contributed by atoms with E-state index in [-0.39, 0.29) is 11.6 Å². The number of ketones is 2. The molecule has 1 saturated heterocycles. The average Bonchev–Trinajstić information content (AvgIpc) is 3.01. The number of hydrogen-bond acceptors (Lipinski definition) is 3. The van der Waals surface area contributed by atoms with Crippen molar-refractivity contribution in [1.29, 1.82) is 0 Å². The van der Waals surface area contributed by atoms with Gasteiger partial charge in [-0.05, 0) is 85.1 Å². The molecule has 1 fully saturated rings. The summed E-state index contributed by atoms with van der Waals surface area (Å²) in [4.78, 5) is 26.0. The molecule has 1 aliphatic heterocycles. The van der Waals surface area contributed by atoms with Gasteiger partial charge in [-0.1, -0.05) is 24.3 Å². The first-order valence-electron chi connectivity index (χ1n) is 10.8. The highest BCUT2D eigenvalue weighted by Crippen LogP contribution is 2.38. The third-order valence-corrected chi connectivity index (χ3v) is 6.46. The van der Waals surface area contributed by atoms with Crippen molar-refractivity contribution < 1.29 is 27.5 Å². The molecule has 1 heterocycles. The molecule has 1 unspecified atom stereocenters. The fourth-order valence-electron chi connectivity index (χ4n) is 4.78. The fraction of sp³-hybridized carbons (Fsp3) is 0.385. The van der Waals surface area contributed by atoms with E-state index in [1.165, 1.54) is 18.2 Å². The topological polar surface area (TPSA) is 43.4 Å². The van der Waals surface area contributed by atoms with Gasteiger partial charge < -0.3 is 4.74 Å². The SMILES string of the molecule is Cc1cc(-c2ccc(C(F)(F)F)cc2)cc(C)c1C1C(=O)C=C(CC2CCOCC2)C1=O. The Morgan fingerprint density at radius 3 is 2.09 bits per heavy atom. The van der Waals surface area contributed by atoms with Gasteiger partial charge in [0.2, 0.25) is 0 Å². The first-order chi connectivity index (χ1) is 15.1. The van der Waals surface area contributed by atoms with Crippen molar-refractivity contribution in [2.75, 3.05) is 13.2 Å². The molecule has 0 saturated carbocycles. The molecule has 4 rings (SSSR count). The van der Waals surface area contributed by atoms with E-state index in [9.17, 15) is 22.8 Å². The number of ether oxygens (including phenoxy) is 1. The van der Waals surface area contributed by atoms with Crippen molar-refractivity contribution in [1.82, 2.24) is 0 Å². The molecule has 0 amide bonds. The van der Waals surface area contributed by atoms with Crippen LogP contribution in [0.5, 0.6) is 0 Å². The van der Waals surface area contributed by atoms with Crippen molar-refractivity contribution >= 4 is 11.6 Å². The Morgan fingerprint density at radius 1 is 0.938 bits per heavy atom. The molecular weight excluding hydrogens is 417 g/mol. The van der Waals surface area contributed by atoms with Gasteiger partial charge in [0, 0.05) is 18.8 Å². The van der Waals surface area contributed by atoms with Gasteiger partial charge in [0.1, 0.15) is 5.92 Å². The number of aryl methyl sites for hydroxylation is 2. The summed E-state index contributed by atoms with van der Waals surface area (Å²) >= 11 is 0. The van der Waals surface area contributed by atoms with Gasteiger partial charge in [-0.3, -0.25) is 9.59 Å². The van der Waals surface area contributed by atoms with E-state index in [0.717, 1.165) is 41.7 Å². The fourth-order valence-corrected chi connectivity index (χ4v) is 4.78. The van der Waals surface area contributed by atoms with Gasteiger partial charge in [-0.2, -0.15) is 13.2 Å². The van der Waals surface area contributed by atoms with E-state index in [2.05, 4.69) is 0 Å². The number of carbonyl (C=O) groups excluding carboxylic acids is 2. The van der Waals surface area contributed by atoms with Crippen LogP contribution in [0, 0.1) is 19.8 Å². The van der Waals surface area contributed by atoms with Gasteiger partial charge >= 0.3 is 6.18 Å². The summed E-state index contributed by atoms with van der Waals surface area (Å²) in [5, 5.41) is 0. The van der Waals surface area contributed by atoms with E-state index in [1.54, 1.807) is 0 Å². The third-order valence-electron chi connectivity index (χ3n) is 6.46. The second-order valence-electron chi connectivity index (χ2n) is 8.73. The molecular formula is C26H25F3O3. The Labute approximate surface area is 185 Å². The van der Waals surface area contributed by atoms with Crippen LogP contribution in [0.4, 0.5) is 13.2 Å². The Hall–Kier alpha value is -2.73. The molecule has 3 nitrogen and oxygen atoms in total. The van der Waals surface area contributed by atoms with Crippen molar-refractivity contribution in [3.8, 4) is 11.1 Å². The van der Waals surface area contributed by atoms with Crippen LogP contribution in [0.2, 0.25) is 0 Å². The van der Waals surface area contributed by atoms with Crippen molar-refractivity contribution in [2.24, 2.45) is 5.92 Å². The standard InChI is InChI=1S/C26H25F3O3/c1-15-11-19(18-3-5-21(6-4-18)26(27,28)29)12-16(2)23(15)24-22(30)14-20(25(24)31)13-17-7-9-32-10-8-17/h3-6,11-12,14,17,24H,7-10,13H2,1-2H3. The van der Waals surface area contributed by atoms with Crippen LogP contribution in [0.25, 0.3) is 11.1 Å². The van der Waals surface area contributed by atoms with Crippen LogP contribution in [-0.2, 0) is 20.5 Å². The summed E-state index contributed by atoms with van der Waals surface area (Å²) in [6.45, 7) is 5.06. The molecule has 2 aromatic rings. The highest BCUT2D eigenvalue weighted by atomic mass is 19.4. The molecule has 0 radical (unpaired) electrons. The van der Waals surface area contributed by atoms with Crippen LogP contribution in [0.15, 0.2) is 48.0 Å². The predicted molar refractivity (Wildman–Crippen MR) is 115 cm³/mol. The van der Waals surface area contributed by atoms with Gasteiger partial charge in [-0.25, -0.2) is 0 Å². The largest absolute Gasteiger partial charge is 0.416 e. The maximum atomic E-state index is 13.2. The summed E-state index contributed by atoms with van der Waals surface area (Å²) in [5.74, 6) is -0.790. The maximum Gasteiger partial charge on any atom is 0.416 e. The summed E-state index contributed by atoms with van der Waals surface area (Å²) in [6.07, 6.45) is -0.489. The molecule has 2 aromatic carbocycles. The lowest BCUT2D eigenvalue weighted by molar-refractivity contribution is -0.137. The summed E-state index contributed by atoms with van der Waals surface area (Å²) in [5.41, 5.74) is 3.58. The summed E-state index contributed by atoms with van der Waals surface area (Å²) in [6, 6.07) is 8.67. The summed E-state index contributed by atoms with van der Waals surface area (Å²) < 4.78 is 43.9. The Bertz CT molecular complexity index is 1050. The van der Waals surface area contributed by atoms with Crippen LogP contribution < -0.4 is 0 Å². The van der Waals surface area contributed by atoms with E-state index in [0.29, 0.717) is 42.3 Å². The third kappa shape index (κ3) is 4.42. The molecule has 0 spiro atoms. The number of halogens is 3. The van der Waals surface area contributed by atoms with Crippen molar-refractivity contribution in [2.45, 2.75) is 45.2 Å². The lowest BCUT2D eigenvalue weighted by Gasteiger charge is -2.22. The van der Waals surface area contributed by atoms with Crippen LogP contribution in [0.1, 0.15) is 47.4 Å². The molecule has 1 atom stereocenters. The number of hydrogen-bond donors (Lipinski definition) is 0. The van der Waals surface area contributed by atoms with E-state index in [1.807, 2.05) is 26.0 Å². The van der Waals surface area contributed by atoms with Crippen molar-refractivity contribution in [3.05, 3.63) is 70.3 Å². The number of Topliss-reactive ketones (excluding diaryl/α,β-unsaturated/α-hetero) is 1. The normalized spacial score (nSPS) is 20.0. The highest BCUT2D eigenvalue weighted by molar-refractivity contribution is 6.25.